The van der Waals surface area contributed by atoms with Gasteiger partial charge in [0, 0.05) is 89.7 Å². The normalized spacial score (nSPS) is 11.0. The molecule has 0 radical (unpaired) electrons. The molecule has 0 spiro atoms. The van der Waals surface area contributed by atoms with Crippen molar-refractivity contribution >= 4 is 175 Å². The summed E-state index contributed by atoms with van der Waals surface area (Å²) in [6, 6.07) is 53.9. The highest BCUT2D eigenvalue weighted by Gasteiger charge is 2.22. The molecule has 0 aliphatic heterocycles. The molecule has 0 bridgehead atoms. The number of nitrogens with one attached hydrogen (secondary N) is 4. The molecule has 0 heterocycles. The van der Waals surface area contributed by atoms with Gasteiger partial charge in [-0.05, 0) is 272 Å². The highest BCUT2D eigenvalue weighted by atomic mass is 79.9. The Hall–Kier alpha value is -16.4. The summed E-state index contributed by atoms with van der Waals surface area (Å²) in [6.45, 7) is 0. The van der Waals surface area contributed by atoms with E-state index in [0.29, 0.717) is 146 Å². The molecule has 12 rings (SSSR count). The van der Waals surface area contributed by atoms with E-state index >= 15 is 0 Å². The number of phenolic OH excluding ortho intramolecular Hbond substituents is 1. The second kappa shape index (κ2) is 55.5. The van der Waals surface area contributed by atoms with E-state index in [1.807, 2.05) is 146 Å². The van der Waals surface area contributed by atoms with Crippen LogP contribution in [0.2, 0.25) is 0 Å². The molecular formula is C108H103Br4N7O25. The number of non-ortho nitro benzene ring substituents is 1. The molecule has 0 aliphatic carbocycles. The number of rotatable bonds is 42. The number of nitro groups is 2. The smallest absolute Gasteiger partial charge is 0.280 e. The van der Waals surface area contributed by atoms with Gasteiger partial charge in [0.15, 0.2) is 92.1 Å². The SMILES string of the molecule is COc1cc(/C=C\c2cc(Br)c(OC)c(N/C=C\C(=O)c3ccc(N)cc3)c2)cc(OC)c1OC.COc1cc(/C=C\c2cc(Br)c(OC)c(N/C=C\C(=O)c3ccc(O)cc3)c2)cc(OC)c1OC.COc1cc(/C=C\c2cc(Br)c(OC)c(N/C=C\C(=O)c3ccc([N+](=O)[O-])cc3)c2)cc(OC)c1OC.COc1cc(/C=C\c2cc(Br)c(OC)c(N/C=C\C(=O)c3ccccc3[N+](=O)[O-])c2)cc(OC)c1OC. The number of allylic oxidation sites excluding steroid dienone is 4. The van der Waals surface area contributed by atoms with Crippen LogP contribution in [0.5, 0.6) is 97.7 Å². The van der Waals surface area contributed by atoms with E-state index in [9.17, 15) is 44.5 Å². The fourth-order valence-corrected chi connectivity index (χ4v) is 16.3. The molecule has 7 N–H and O–H groups in total. The number of phenols is 1. The van der Waals surface area contributed by atoms with Crippen LogP contribution in [0.15, 0.2) is 261 Å². The van der Waals surface area contributed by atoms with E-state index in [2.05, 4.69) is 85.0 Å². The largest absolute Gasteiger partial charge is 0.508 e. The van der Waals surface area contributed by atoms with Crippen molar-refractivity contribution in [2.24, 2.45) is 0 Å². The van der Waals surface area contributed by atoms with Gasteiger partial charge < -0.3 is 108 Å². The van der Waals surface area contributed by atoms with Crippen molar-refractivity contribution in [1.29, 1.82) is 0 Å². The Labute approximate surface area is 865 Å². The van der Waals surface area contributed by atoms with Crippen molar-refractivity contribution in [3.8, 4) is 97.7 Å². The minimum Gasteiger partial charge on any atom is -0.508 e. The van der Waals surface area contributed by atoms with Crippen molar-refractivity contribution in [3.63, 3.8) is 0 Å². The number of para-hydroxylation sites is 1. The number of methoxy groups -OCH3 is 16. The van der Waals surface area contributed by atoms with Crippen LogP contribution in [-0.2, 0) is 0 Å². The fraction of sp³-hybridized carbons (Fsp3) is 0.148. The zero-order valence-corrected chi connectivity index (χ0v) is 87.3. The first-order chi connectivity index (χ1) is 69.4. The third kappa shape index (κ3) is 30.5. The molecule has 0 amide bonds. The number of carbonyl (C=O) groups excluding carboxylic acids is 4. The topological polar surface area (TPSA) is 397 Å². The molecule has 0 aromatic heterocycles. The predicted molar refractivity (Wildman–Crippen MR) is 576 cm³/mol. The Morgan fingerprint density at radius 2 is 0.507 bits per heavy atom. The van der Waals surface area contributed by atoms with Gasteiger partial charge in [0.25, 0.3) is 11.4 Å². The summed E-state index contributed by atoms with van der Waals surface area (Å²) in [6.07, 6.45) is 26.8. The summed E-state index contributed by atoms with van der Waals surface area (Å²) >= 11 is 14.1. The lowest BCUT2D eigenvalue weighted by Gasteiger charge is -2.13. The molecule has 0 saturated carbocycles. The lowest BCUT2D eigenvalue weighted by molar-refractivity contribution is -0.385. The van der Waals surface area contributed by atoms with Gasteiger partial charge in [0.05, 0.1) is 170 Å². The van der Waals surface area contributed by atoms with Gasteiger partial charge in [0.1, 0.15) is 5.75 Å². The number of hydrogen-bond acceptors (Lipinski definition) is 30. The molecule has 0 fully saturated rings. The first-order valence-electron chi connectivity index (χ1n) is 42.9. The quantitative estimate of drug-likeness (QED) is 0.00517. The van der Waals surface area contributed by atoms with Crippen LogP contribution in [0.1, 0.15) is 85.9 Å². The van der Waals surface area contributed by atoms with E-state index < -0.39 is 15.6 Å². The van der Waals surface area contributed by atoms with Crippen molar-refractivity contribution in [2.75, 3.05) is 141 Å². The van der Waals surface area contributed by atoms with Gasteiger partial charge in [-0.25, -0.2) is 0 Å². The van der Waals surface area contributed by atoms with E-state index in [-0.39, 0.29) is 40.0 Å². The standard InChI is InChI=1S/2C27H25BrN2O7.C27H27BrN2O5.C27H26BrNO6/c1-34-24-15-18(16-25(35-2)27(24)37-4)6-5-17-13-21(28)26(36-3)22(14-17)29-12-11-23(31)19-7-9-20(10-8-19)30(32)33;1-34-24-15-18(16-25(35-2)27(24)37-4)10-9-17-13-20(28)26(36-3)21(14-17)29-12-11-23(31)19-7-5-6-8-22(19)30(32)33;1-32-24-15-18(16-25(33-2)27(24)35-4)6-5-17-13-21(28)26(34-3)22(14-17)30-12-11-23(31)19-7-9-20(29)10-8-19;1-32-24-15-18(16-25(33-2)27(24)35-4)6-5-17-13-21(28)26(34-3)22(14-17)29-12-11-23(31)19-7-9-20(30)10-8-19/h2*5-16,29H,1-4H3;5-16,30H,29H2,1-4H3;5-16,29-30H,1-4H3/b6-5-,12-11-;10-9-,12-11-;2*6-5-,12-11-. The first kappa shape index (κ1) is 111. The highest BCUT2D eigenvalue weighted by Crippen LogP contribution is 2.46. The van der Waals surface area contributed by atoms with Crippen molar-refractivity contribution in [3.05, 3.63) is 348 Å². The Kier molecular flexibility index (Phi) is 42.9. The number of benzene rings is 12. The zero-order chi connectivity index (χ0) is 105. The molecular weight excluding hydrogens is 2110 g/mol. The summed E-state index contributed by atoms with van der Waals surface area (Å²) in [5.74, 6) is 7.73. The molecule has 0 unspecified atom stereocenters. The fourth-order valence-electron chi connectivity index (χ4n) is 13.7. The summed E-state index contributed by atoms with van der Waals surface area (Å²) in [5, 5.41) is 43.7. The maximum Gasteiger partial charge on any atom is 0.280 e. The molecule has 0 aliphatic rings. The van der Waals surface area contributed by atoms with Crippen LogP contribution in [0.3, 0.4) is 0 Å². The summed E-state index contributed by atoms with van der Waals surface area (Å²) in [4.78, 5) is 70.6. The van der Waals surface area contributed by atoms with Crippen molar-refractivity contribution < 1.29 is 110 Å². The van der Waals surface area contributed by atoms with E-state index in [0.717, 1.165) is 53.5 Å². The maximum atomic E-state index is 12.5. The molecule has 0 saturated heterocycles. The van der Waals surface area contributed by atoms with Gasteiger partial charge in [0.2, 0.25) is 23.0 Å². The minimum absolute atomic E-state index is 0.000674. The number of nitrogens with zero attached hydrogens (tertiary/aromatic N) is 2. The number of hydrogen-bond donors (Lipinski definition) is 6. The van der Waals surface area contributed by atoms with Gasteiger partial charge in [-0.2, -0.15) is 0 Å². The molecule has 32 nitrogen and oxygen atoms in total. The molecule has 36 heteroatoms. The number of ketones is 4. The number of halogens is 4. The average molecular weight is 2220 g/mol. The van der Waals surface area contributed by atoms with Crippen LogP contribution < -0.4 is 103 Å². The number of nitrogens with two attached hydrogens (primary N) is 1. The van der Waals surface area contributed by atoms with Crippen LogP contribution in [0.4, 0.5) is 39.8 Å². The Bertz CT molecular complexity index is 6550. The minimum atomic E-state index is -0.585. The molecule has 748 valence electrons. The number of nitrogen functional groups attached to an aromatic ring is 1. The van der Waals surface area contributed by atoms with Gasteiger partial charge in [-0.15, -0.1) is 0 Å². The molecule has 12 aromatic carbocycles. The van der Waals surface area contributed by atoms with Crippen LogP contribution >= 0.6 is 63.7 Å². The van der Waals surface area contributed by atoms with Gasteiger partial charge in [-0.3, -0.25) is 39.4 Å². The number of anilines is 5. The van der Waals surface area contributed by atoms with Crippen molar-refractivity contribution in [2.45, 2.75) is 0 Å². The summed E-state index contributed by atoms with van der Waals surface area (Å²) in [7, 11) is 25.0. The molecule has 12 aromatic rings. The van der Waals surface area contributed by atoms with Gasteiger partial charge in [-0.1, -0.05) is 60.7 Å². The third-order valence-electron chi connectivity index (χ3n) is 20.7. The molecule has 144 heavy (non-hydrogen) atoms. The van der Waals surface area contributed by atoms with E-state index in [4.69, 9.17) is 81.5 Å². The maximum absolute atomic E-state index is 12.5. The predicted octanol–water partition coefficient (Wildman–Crippen LogP) is 25.0. The summed E-state index contributed by atoms with van der Waals surface area (Å²) in [5.41, 5.74) is 16.7. The number of carbonyl (C=O) groups is 4. The Morgan fingerprint density at radius 3 is 0.736 bits per heavy atom. The lowest BCUT2D eigenvalue weighted by Crippen LogP contribution is -2.02. The lowest BCUT2D eigenvalue weighted by atomic mass is 10.1. The molecule has 0 atom stereocenters. The highest BCUT2D eigenvalue weighted by molar-refractivity contribution is 9.11. The Morgan fingerprint density at radius 1 is 0.285 bits per heavy atom. The second-order valence-electron chi connectivity index (χ2n) is 29.6. The number of aromatic hydroxyl groups is 1. The second-order valence-corrected chi connectivity index (χ2v) is 33.0. The third-order valence-corrected chi connectivity index (χ3v) is 23.0. The average Bonchev–Trinajstić information content (AvgIpc) is 0.834. The Balaban J connectivity index is 0.000000214. The van der Waals surface area contributed by atoms with Crippen LogP contribution in [-0.4, -0.2) is 152 Å². The van der Waals surface area contributed by atoms with Crippen LogP contribution in [0, 0.1) is 20.2 Å². The van der Waals surface area contributed by atoms with Gasteiger partial charge >= 0.3 is 0 Å². The van der Waals surface area contributed by atoms with Crippen molar-refractivity contribution in [1.82, 2.24) is 0 Å². The first-order valence-corrected chi connectivity index (χ1v) is 46.0. The zero-order valence-electron chi connectivity index (χ0n) is 80.9. The monoisotopic (exact) mass is 2210 g/mol. The van der Waals surface area contributed by atoms with E-state index in [1.165, 1.54) is 98.4 Å². The number of ether oxygens (including phenoxy) is 16. The van der Waals surface area contributed by atoms with E-state index in [1.54, 1.807) is 162 Å². The summed E-state index contributed by atoms with van der Waals surface area (Å²) < 4.78 is 89.7. The number of nitro benzene ring substituents is 2. The van der Waals surface area contributed by atoms with Crippen LogP contribution in [0.25, 0.3) is 48.6 Å².